The van der Waals surface area contributed by atoms with Gasteiger partial charge in [0.25, 0.3) is 0 Å². The third-order valence-corrected chi connectivity index (χ3v) is 5.32. The van der Waals surface area contributed by atoms with Gasteiger partial charge in [0, 0.05) is 19.3 Å². The zero-order chi connectivity index (χ0) is 17.2. The van der Waals surface area contributed by atoms with E-state index in [4.69, 9.17) is 9.26 Å². The molecular weight excluding hydrogens is 334 g/mol. The van der Waals surface area contributed by atoms with Crippen LogP contribution in [-0.2, 0) is 21.3 Å². The van der Waals surface area contributed by atoms with Crippen molar-refractivity contribution in [2.45, 2.75) is 25.3 Å². The zero-order valence-electron chi connectivity index (χ0n) is 13.5. The number of hydrogen-bond donors (Lipinski definition) is 1. The van der Waals surface area contributed by atoms with Crippen molar-refractivity contribution >= 4 is 16.0 Å². The number of nitrogens with zero attached hydrogens (tertiary/aromatic N) is 4. The molecule has 3 heterocycles. The highest BCUT2D eigenvalue weighted by Gasteiger charge is 2.24. The van der Waals surface area contributed by atoms with Crippen LogP contribution < -0.4 is 9.62 Å². The van der Waals surface area contributed by atoms with Crippen LogP contribution in [0, 0.1) is 13.8 Å². The van der Waals surface area contributed by atoms with Crippen LogP contribution in [0.25, 0.3) is 0 Å². The van der Waals surface area contributed by atoms with Crippen molar-refractivity contribution in [2.75, 3.05) is 31.2 Å². The minimum absolute atomic E-state index is 0.0618. The minimum atomic E-state index is -3.71. The number of ether oxygens (including phenoxy) is 1. The third-order valence-electron chi connectivity index (χ3n) is 3.67. The Morgan fingerprint density at radius 2 is 2.04 bits per heavy atom. The van der Waals surface area contributed by atoms with E-state index in [1.54, 1.807) is 26.1 Å². The van der Waals surface area contributed by atoms with Crippen molar-refractivity contribution < 1.29 is 17.7 Å². The van der Waals surface area contributed by atoms with E-state index in [2.05, 4.69) is 19.8 Å². The minimum Gasteiger partial charge on any atom is -0.378 e. The molecule has 1 N–H and O–H groups in total. The Balaban J connectivity index is 1.72. The first kappa shape index (κ1) is 16.8. The molecule has 1 fully saturated rings. The summed E-state index contributed by atoms with van der Waals surface area (Å²) in [6.45, 7) is 5.91. The van der Waals surface area contributed by atoms with Crippen LogP contribution in [0.5, 0.6) is 0 Å². The molecular formula is C14H19N5O4S. The van der Waals surface area contributed by atoms with Gasteiger partial charge in [-0.3, -0.25) is 0 Å². The van der Waals surface area contributed by atoms with Gasteiger partial charge in [-0.05, 0) is 19.9 Å². The van der Waals surface area contributed by atoms with E-state index in [0.29, 0.717) is 43.6 Å². The Kier molecular flexibility index (Phi) is 4.78. The average molecular weight is 353 g/mol. The molecule has 1 aliphatic rings. The normalized spacial score (nSPS) is 15.7. The molecule has 2 aromatic rings. The van der Waals surface area contributed by atoms with Crippen molar-refractivity contribution in [2.24, 2.45) is 0 Å². The van der Waals surface area contributed by atoms with E-state index in [9.17, 15) is 8.42 Å². The molecule has 1 saturated heterocycles. The van der Waals surface area contributed by atoms with Crippen LogP contribution in [0.4, 0.5) is 5.95 Å². The Bertz CT molecular complexity index is 795. The van der Waals surface area contributed by atoms with Crippen molar-refractivity contribution in [1.29, 1.82) is 0 Å². The van der Waals surface area contributed by atoms with Crippen LogP contribution >= 0.6 is 0 Å². The van der Waals surface area contributed by atoms with Gasteiger partial charge in [0.2, 0.25) is 16.0 Å². The van der Waals surface area contributed by atoms with Crippen LogP contribution in [0.3, 0.4) is 0 Å². The van der Waals surface area contributed by atoms with Gasteiger partial charge >= 0.3 is 0 Å². The number of nitrogens with one attached hydrogen (secondary N) is 1. The second-order valence-electron chi connectivity index (χ2n) is 5.43. The van der Waals surface area contributed by atoms with E-state index in [1.165, 1.54) is 0 Å². The van der Waals surface area contributed by atoms with E-state index in [1.807, 2.05) is 4.90 Å². The quantitative estimate of drug-likeness (QED) is 0.822. The Labute approximate surface area is 140 Å². The molecule has 9 nitrogen and oxygen atoms in total. The molecule has 0 aromatic carbocycles. The highest BCUT2D eigenvalue weighted by atomic mass is 32.2. The summed E-state index contributed by atoms with van der Waals surface area (Å²) < 4.78 is 37.6. The third kappa shape index (κ3) is 3.55. The van der Waals surface area contributed by atoms with Gasteiger partial charge in [-0.25, -0.2) is 23.1 Å². The summed E-state index contributed by atoms with van der Waals surface area (Å²) in [5, 5.41) is 3.67. The van der Waals surface area contributed by atoms with Gasteiger partial charge in [0.1, 0.15) is 10.6 Å². The summed E-state index contributed by atoms with van der Waals surface area (Å²) in [7, 11) is -3.71. The molecule has 0 radical (unpaired) electrons. The predicted octanol–water partition coefficient (Wildman–Crippen LogP) is 0.397. The predicted molar refractivity (Wildman–Crippen MR) is 85.1 cm³/mol. The number of sulfonamides is 1. The fourth-order valence-corrected chi connectivity index (χ4v) is 3.82. The van der Waals surface area contributed by atoms with Crippen LogP contribution in [-0.4, -0.2) is 49.8 Å². The highest BCUT2D eigenvalue weighted by molar-refractivity contribution is 7.89. The fourth-order valence-electron chi connectivity index (χ4n) is 2.50. The van der Waals surface area contributed by atoms with Crippen LogP contribution in [0.1, 0.15) is 17.1 Å². The first-order valence-electron chi connectivity index (χ1n) is 7.54. The Hall–Kier alpha value is -2.04. The number of rotatable bonds is 5. The fraction of sp³-hybridized carbons (Fsp3) is 0.500. The lowest BCUT2D eigenvalue weighted by Gasteiger charge is -2.26. The Morgan fingerprint density at radius 1 is 1.29 bits per heavy atom. The summed E-state index contributed by atoms with van der Waals surface area (Å²) in [6.07, 6.45) is 1.62. The highest BCUT2D eigenvalue weighted by Crippen LogP contribution is 2.19. The van der Waals surface area contributed by atoms with Gasteiger partial charge < -0.3 is 14.2 Å². The van der Waals surface area contributed by atoms with E-state index >= 15 is 0 Å². The number of anilines is 1. The molecule has 0 unspecified atom stereocenters. The second kappa shape index (κ2) is 6.83. The SMILES string of the molecule is Cc1noc(C)c1S(=O)(=O)NCc1ccnc(N2CCOCC2)n1. The Morgan fingerprint density at radius 3 is 2.71 bits per heavy atom. The monoisotopic (exact) mass is 353 g/mol. The maximum absolute atomic E-state index is 12.4. The molecule has 2 aromatic heterocycles. The molecule has 1 aliphatic heterocycles. The van der Waals surface area contributed by atoms with Crippen molar-refractivity contribution in [3.05, 3.63) is 29.4 Å². The standard InChI is InChI=1S/C14H19N5O4S/c1-10-13(11(2)23-18-10)24(20,21)16-9-12-3-4-15-14(17-12)19-5-7-22-8-6-19/h3-4,16H,5-9H2,1-2H3. The molecule has 0 amide bonds. The average Bonchev–Trinajstić information content (AvgIpc) is 2.94. The molecule has 0 atom stereocenters. The molecule has 0 bridgehead atoms. The molecule has 24 heavy (non-hydrogen) atoms. The van der Waals surface area contributed by atoms with Gasteiger partial charge in [-0.2, -0.15) is 0 Å². The first-order chi connectivity index (χ1) is 11.5. The number of aromatic nitrogens is 3. The molecule has 0 aliphatic carbocycles. The van der Waals surface area contributed by atoms with Gasteiger partial charge in [-0.15, -0.1) is 0 Å². The second-order valence-corrected chi connectivity index (χ2v) is 7.13. The summed E-state index contributed by atoms with van der Waals surface area (Å²) in [4.78, 5) is 10.7. The maximum Gasteiger partial charge on any atom is 0.246 e. The lowest BCUT2D eigenvalue weighted by atomic mass is 10.4. The summed E-state index contributed by atoms with van der Waals surface area (Å²) in [5.41, 5.74) is 0.915. The van der Waals surface area contributed by atoms with Gasteiger partial charge in [0.15, 0.2) is 5.76 Å². The largest absolute Gasteiger partial charge is 0.378 e. The van der Waals surface area contributed by atoms with Crippen LogP contribution in [0.15, 0.2) is 21.7 Å². The molecule has 10 heteroatoms. The van der Waals surface area contributed by atoms with Gasteiger partial charge in [0.05, 0.1) is 25.5 Å². The van der Waals surface area contributed by atoms with Crippen LogP contribution in [0.2, 0.25) is 0 Å². The van der Waals surface area contributed by atoms with Gasteiger partial charge in [-0.1, -0.05) is 5.16 Å². The summed E-state index contributed by atoms with van der Waals surface area (Å²) in [5.74, 6) is 0.837. The summed E-state index contributed by atoms with van der Waals surface area (Å²) in [6, 6.07) is 1.68. The number of aryl methyl sites for hydroxylation is 2. The van der Waals surface area contributed by atoms with Crippen molar-refractivity contribution in [3.63, 3.8) is 0 Å². The van der Waals surface area contributed by atoms with E-state index in [0.717, 1.165) is 0 Å². The smallest absolute Gasteiger partial charge is 0.246 e. The zero-order valence-corrected chi connectivity index (χ0v) is 14.3. The van der Waals surface area contributed by atoms with Crippen molar-refractivity contribution in [3.8, 4) is 0 Å². The van der Waals surface area contributed by atoms with E-state index < -0.39 is 10.0 Å². The number of morpholine rings is 1. The molecule has 0 saturated carbocycles. The molecule has 130 valence electrons. The lowest BCUT2D eigenvalue weighted by Crippen LogP contribution is -2.37. The molecule has 0 spiro atoms. The van der Waals surface area contributed by atoms with E-state index in [-0.39, 0.29) is 17.2 Å². The maximum atomic E-state index is 12.4. The topological polar surface area (TPSA) is 110 Å². The van der Waals surface area contributed by atoms with Crippen molar-refractivity contribution in [1.82, 2.24) is 19.8 Å². The lowest BCUT2D eigenvalue weighted by molar-refractivity contribution is 0.122. The summed E-state index contributed by atoms with van der Waals surface area (Å²) >= 11 is 0. The number of hydrogen-bond acceptors (Lipinski definition) is 8. The first-order valence-corrected chi connectivity index (χ1v) is 9.03. The molecule has 3 rings (SSSR count).